The summed E-state index contributed by atoms with van der Waals surface area (Å²) in [5, 5.41) is 11.1. The Labute approximate surface area is 176 Å². The lowest BCUT2D eigenvalue weighted by molar-refractivity contribution is 0.211. The summed E-state index contributed by atoms with van der Waals surface area (Å²) in [7, 11) is 0. The summed E-state index contributed by atoms with van der Waals surface area (Å²) >= 11 is 0. The fourth-order valence-electron chi connectivity index (χ4n) is 5.20. The number of hydrogen-bond acceptors (Lipinski definition) is 2. The largest absolute Gasteiger partial charge is 0.358 e. The van der Waals surface area contributed by atoms with Crippen LogP contribution in [0.15, 0.2) is 36.4 Å². The first-order valence-electron chi connectivity index (χ1n) is 11.1. The van der Waals surface area contributed by atoms with Gasteiger partial charge in [0.15, 0.2) is 0 Å². The standard InChI is InChI=1S/C25H27F2N3/c26-14-20(15-27)29-12-4-3-7-23(29)25-22(16-28)21-11-10-18(17-8-9-17)13-24(21)30(25)19-5-1-2-6-19/h3-4,7,10-11,13,17,19-20H,1-2,5-6,8-9,12,14-15H2. The zero-order chi connectivity index (χ0) is 20.7. The van der Waals surface area contributed by atoms with E-state index in [-0.39, 0.29) is 0 Å². The molecule has 2 aliphatic carbocycles. The molecule has 1 aliphatic heterocycles. The molecule has 1 aromatic heterocycles. The quantitative estimate of drug-likeness (QED) is 0.586. The number of rotatable bonds is 6. The number of alkyl halides is 2. The smallest absolute Gasteiger partial charge is 0.112 e. The highest BCUT2D eigenvalue weighted by molar-refractivity contribution is 5.93. The Morgan fingerprint density at radius 3 is 2.53 bits per heavy atom. The molecule has 1 aromatic carbocycles. The van der Waals surface area contributed by atoms with E-state index in [1.165, 1.54) is 31.2 Å². The highest BCUT2D eigenvalue weighted by Gasteiger charge is 2.32. The van der Waals surface area contributed by atoms with Crippen LogP contribution in [0.4, 0.5) is 8.78 Å². The van der Waals surface area contributed by atoms with Crippen molar-refractivity contribution >= 4 is 16.6 Å². The second-order valence-electron chi connectivity index (χ2n) is 8.79. The van der Waals surface area contributed by atoms with Gasteiger partial charge in [0, 0.05) is 18.0 Å². The molecule has 0 bridgehead atoms. The van der Waals surface area contributed by atoms with Gasteiger partial charge in [0.05, 0.1) is 28.5 Å². The molecule has 0 radical (unpaired) electrons. The third kappa shape index (κ3) is 3.14. The van der Waals surface area contributed by atoms with Crippen LogP contribution < -0.4 is 0 Å². The number of benzene rings is 1. The van der Waals surface area contributed by atoms with E-state index in [0.29, 0.717) is 24.1 Å². The van der Waals surface area contributed by atoms with Crippen molar-refractivity contribution in [3.63, 3.8) is 0 Å². The van der Waals surface area contributed by atoms with Crippen LogP contribution in [0.3, 0.4) is 0 Å². The first kappa shape index (κ1) is 19.4. The predicted molar refractivity (Wildman–Crippen MR) is 116 cm³/mol. The third-order valence-corrected chi connectivity index (χ3v) is 6.92. The topological polar surface area (TPSA) is 32.0 Å². The molecule has 2 aromatic rings. The Bertz CT molecular complexity index is 1040. The van der Waals surface area contributed by atoms with E-state index < -0.39 is 19.4 Å². The number of fused-ring (bicyclic) bond motifs is 1. The average molecular weight is 408 g/mol. The maximum absolute atomic E-state index is 13.7. The summed E-state index contributed by atoms with van der Waals surface area (Å²) < 4.78 is 29.7. The van der Waals surface area contributed by atoms with Crippen LogP contribution in [0, 0.1) is 11.3 Å². The lowest BCUT2D eigenvalue weighted by Crippen LogP contribution is -2.39. The lowest BCUT2D eigenvalue weighted by Gasteiger charge is -2.34. The van der Waals surface area contributed by atoms with Crippen molar-refractivity contribution in [1.29, 1.82) is 5.26 Å². The normalized spacial score (nSPS) is 19.7. The van der Waals surface area contributed by atoms with Crippen molar-refractivity contribution in [2.24, 2.45) is 0 Å². The summed E-state index contributed by atoms with van der Waals surface area (Å²) in [4.78, 5) is 1.79. The first-order chi connectivity index (χ1) is 14.8. The van der Waals surface area contributed by atoms with Crippen LogP contribution in [0.5, 0.6) is 0 Å². The van der Waals surface area contributed by atoms with E-state index in [1.54, 1.807) is 4.90 Å². The molecule has 2 saturated carbocycles. The van der Waals surface area contributed by atoms with E-state index in [2.05, 4.69) is 28.8 Å². The van der Waals surface area contributed by atoms with Gasteiger partial charge in [0.1, 0.15) is 19.4 Å². The highest BCUT2D eigenvalue weighted by atomic mass is 19.1. The maximum Gasteiger partial charge on any atom is 0.112 e. The van der Waals surface area contributed by atoms with Gasteiger partial charge in [-0.05, 0) is 49.3 Å². The highest BCUT2D eigenvalue weighted by Crippen LogP contribution is 2.45. The summed E-state index contributed by atoms with van der Waals surface area (Å²) in [6.45, 7) is -1.05. The number of aromatic nitrogens is 1. The van der Waals surface area contributed by atoms with E-state index >= 15 is 0 Å². The number of hydrogen-bond donors (Lipinski definition) is 0. The van der Waals surface area contributed by atoms with Crippen molar-refractivity contribution < 1.29 is 8.78 Å². The second kappa shape index (κ2) is 7.91. The van der Waals surface area contributed by atoms with Gasteiger partial charge >= 0.3 is 0 Å². The molecular formula is C25H27F2N3. The molecule has 0 N–H and O–H groups in total. The summed E-state index contributed by atoms with van der Waals surface area (Å²) in [5.41, 5.74) is 4.68. The SMILES string of the molecule is N#Cc1c(C2=CC=CCN2C(CF)CF)n(C2CCCC2)c2cc(C3CC3)ccc12. The Balaban J connectivity index is 1.75. The Morgan fingerprint density at radius 1 is 1.10 bits per heavy atom. The van der Waals surface area contributed by atoms with Gasteiger partial charge in [0.2, 0.25) is 0 Å². The van der Waals surface area contributed by atoms with Crippen LogP contribution in [0.1, 0.15) is 67.3 Å². The van der Waals surface area contributed by atoms with Crippen molar-refractivity contribution in [2.75, 3.05) is 19.9 Å². The number of nitrogens with zero attached hydrogens (tertiary/aromatic N) is 3. The molecule has 3 aliphatic rings. The third-order valence-electron chi connectivity index (χ3n) is 6.92. The monoisotopic (exact) mass is 407 g/mol. The molecule has 0 saturated heterocycles. The summed E-state index contributed by atoms with van der Waals surface area (Å²) in [6.07, 6.45) is 12.7. The second-order valence-corrected chi connectivity index (χ2v) is 8.79. The molecule has 5 heteroatoms. The molecule has 156 valence electrons. The average Bonchev–Trinajstić information content (AvgIpc) is 3.39. The lowest BCUT2D eigenvalue weighted by atomic mass is 10.0. The first-order valence-corrected chi connectivity index (χ1v) is 11.1. The number of halogens is 2. The van der Waals surface area contributed by atoms with Crippen molar-refractivity contribution in [2.45, 2.75) is 56.5 Å². The Hall–Kier alpha value is -2.61. The van der Waals surface area contributed by atoms with Crippen LogP contribution >= 0.6 is 0 Å². The molecule has 0 unspecified atom stereocenters. The summed E-state index contributed by atoms with van der Waals surface area (Å²) in [6, 6.07) is 8.44. The van der Waals surface area contributed by atoms with Gasteiger partial charge in [0.25, 0.3) is 0 Å². The summed E-state index contributed by atoms with van der Waals surface area (Å²) in [5.74, 6) is 0.631. The molecule has 3 nitrogen and oxygen atoms in total. The van der Waals surface area contributed by atoms with Crippen LogP contribution in [0.2, 0.25) is 0 Å². The van der Waals surface area contributed by atoms with E-state index in [0.717, 1.165) is 35.1 Å². The predicted octanol–water partition coefficient (Wildman–Crippen LogP) is 6.03. The van der Waals surface area contributed by atoms with E-state index in [4.69, 9.17) is 0 Å². The van der Waals surface area contributed by atoms with E-state index in [1.807, 2.05) is 18.2 Å². The molecule has 30 heavy (non-hydrogen) atoms. The molecule has 0 amide bonds. The van der Waals surface area contributed by atoms with Gasteiger partial charge in [-0.3, -0.25) is 0 Å². The molecule has 2 fully saturated rings. The minimum atomic E-state index is -0.829. The van der Waals surface area contributed by atoms with Crippen LogP contribution in [-0.4, -0.2) is 35.4 Å². The van der Waals surface area contributed by atoms with Crippen LogP contribution in [0.25, 0.3) is 16.6 Å². The van der Waals surface area contributed by atoms with Gasteiger partial charge < -0.3 is 9.47 Å². The molecular weight excluding hydrogens is 380 g/mol. The van der Waals surface area contributed by atoms with E-state index in [9.17, 15) is 14.0 Å². The fraction of sp³-hybridized carbons (Fsp3) is 0.480. The maximum atomic E-state index is 13.7. The molecule has 0 atom stereocenters. The van der Waals surface area contributed by atoms with Gasteiger partial charge in [-0.2, -0.15) is 5.26 Å². The number of allylic oxidation sites excluding steroid dienone is 2. The zero-order valence-electron chi connectivity index (χ0n) is 17.2. The molecule has 0 spiro atoms. The fourth-order valence-corrected chi connectivity index (χ4v) is 5.20. The van der Waals surface area contributed by atoms with Crippen molar-refractivity contribution in [3.8, 4) is 6.07 Å². The van der Waals surface area contributed by atoms with Crippen LogP contribution in [-0.2, 0) is 0 Å². The van der Waals surface area contributed by atoms with Crippen molar-refractivity contribution in [3.05, 3.63) is 53.2 Å². The van der Waals surface area contributed by atoms with Gasteiger partial charge in [-0.25, -0.2) is 8.78 Å². The minimum Gasteiger partial charge on any atom is -0.358 e. The van der Waals surface area contributed by atoms with Gasteiger partial charge in [-0.15, -0.1) is 0 Å². The van der Waals surface area contributed by atoms with Gasteiger partial charge in [-0.1, -0.05) is 37.1 Å². The zero-order valence-corrected chi connectivity index (χ0v) is 17.2. The molecule has 5 rings (SSSR count). The Morgan fingerprint density at radius 2 is 1.87 bits per heavy atom. The minimum absolute atomic E-state index is 0.321. The Kier molecular flexibility index (Phi) is 5.10. The molecule has 2 heterocycles. The van der Waals surface area contributed by atoms with Crippen molar-refractivity contribution in [1.82, 2.24) is 9.47 Å². The number of nitriles is 1.